The van der Waals surface area contributed by atoms with Crippen molar-refractivity contribution in [2.75, 3.05) is 11.9 Å². The highest BCUT2D eigenvalue weighted by molar-refractivity contribution is 7.91. The Kier molecular flexibility index (Phi) is 5.72. The molecule has 1 aliphatic rings. The van der Waals surface area contributed by atoms with E-state index >= 15 is 0 Å². The third-order valence-electron chi connectivity index (χ3n) is 5.22. The Labute approximate surface area is 179 Å². The monoisotopic (exact) mass is 446 g/mol. The van der Waals surface area contributed by atoms with E-state index < -0.39 is 22.0 Å². The predicted molar refractivity (Wildman–Crippen MR) is 114 cm³/mol. The first kappa shape index (κ1) is 20.7. The van der Waals surface area contributed by atoms with Crippen molar-refractivity contribution in [3.63, 3.8) is 0 Å². The standard InChI is InChI=1S/C20H22N4O4S2/c1-13-8-9-15(12-14(13)2)19-22-23-20(28-19)21-18(25)16-6-3-4-10-24(16)30(26,27)17-7-5-11-29-17/h5,7-9,11-12,16H,3-4,6,10H2,1-2H3,(H,21,23,25)/t16-/m0/s1. The Balaban J connectivity index is 1.53. The van der Waals surface area contributed by atoms with Crippen LogP contribution in [0.3, 0.4) is 0 Å². The van der Waals surface area contributed by atoms with Gasteiger partial charge in [0, 0.05) is 12.1 Å². The Morgan fingerprint density at radius 2 is 2.03 bits per heavy atom. The fourth-order valence-corrected chi connectivity index (χ4v) is 6.21. The molecule has 0 unspecified atom stereocenters. The first-order valence-electron chi connectivity index (χ1n) is 9.63. The summed E-state index contributed by atoms with van der Waals surface area (Å²) >= 11 is 1.14. The van der Waals surface area contributed by atoms with E-state index in [9.17, 15) is 13.2 Å². The number of thiophene rings is 1. The molecule has 3 aromatic rings. The second kappa shape index (κ2) is 8.29. The summed E-state index contributed by atoms with van der Waals surface area (Å²) < 4.78 is 33.0. The molecule has 10 heteroatoms. The number of nitrogens with zero attached hydrogens (tertiary/aromatic N) is 3. The summed E-state index contributed by atoms with van der Waals surface area (Å²) in [5, 5.41) is 12.2. The van der Waals surface area contributed by atoms with Gasteiger partial charge in [0.05, 0.1) is 0 Å². The van der Waals surface area contributed by atoms with Crippen LogP contribution in [-0.2, 0) is 14.8 Å². The van der Waals surface area contributed by atoms with Crippen molar-refractivity contribution in [3.05, 3.63) is 46.8 Å². The molecule has 1 atom stereocenters. The van der Waals surface area contributed by atoms with Crippen molar-refractivity contribution in [3.8, 4) is 11.5 Å². The number of carbonyl (C=O) groups excluding carboxylic acids is 1. The molecule has 1 aliphatic heterocycles. The van der Waals surface area contributed by atoms with Gasteiger partial charge in [-0.2, -0.15) is 4.31 Å². The summed E-state index contributed by atoms with van der Waals surface area (Å²) in [6.07, 6.45) is 1.92. The second-order valence-electron chi connectivity index (χ2n) is 7.26. The Hall–Kier alpha value is -2.56. The summed E-state index contributed by atoms with van der Waals surface area (Å²) in [4.78, 5) is 12.9. The lowest BCUT2D eigenvalue weighted by Crippen LogP contribution is -2.49. The lowest BCUT2D eigenvalue weighted by molar-refractivity contribution is -0.120. The van der Waals surface area contributed by atoms with Gasteiger partial charge in [-0.3, -0.25) is 10.1 Å². The SMILES string of the molecule is Cc1ccc(-c2nnc(NC(=O)[C@@H]3CCCCN3S(=O)(=O)c3cccs3)o2)cc1C. The van der Waals surface area contributed by atoms with E-state index in [1.807, 2.05) is 32.0 Å². The molecule has 158 valence electrons. The van der Waals surface area contributed by atoms with Gasteiger partial charge in [-0.05, 0) is 61.4 Å². The zero-order valence-corrected chi connectivity index (χ0v) is 18.3. The molecule has 0 bridgehead atoms. The average Bonchev–Trinajstić information content (AvgIpc) is 3.43. The maximum atomic E-state index is 13.0. The van der Waals surface area contributed by atoms with Crippen LogP contribution in [-0.4, -0.2) is 41.4 Å². The molecule has 1 amide bonds. The largest absolute Gasteiger partial charge is 0.403 e. The molecule has 1 N–H and O–H groups in total. The van der Waals surface area contributed by atoms with Gasteiger partial charge in [0.2, 0.25) is 11.8 Å². The molecule has 3 heterocycles. The topological polar surface area (TPSA) is 105 Å². The molecule has 1 aromatic carbocycles. The fraction of sp³-hybridized carbons (Fsp3) is 0.350. The van der Waals surface area contributed by atoms with Crippen LogP contribution in [0.1, 0.15) is 30.4 Å². The Morgan fingerprint density at radius 1 is 1.20 bits per heavy atom. The molecule has 0 saturated carbocycles. The van der Waals surface area contributed by atoms with Crippen LogP contribution in [0.4, 0.5) is 6.01 Å². The fourth-order valence-electron chi connectivity index (χ4n) is 3.43. The number of aromatic nitrogens is 2. The number of hydrogen-bond acceptors (Lipinski definition) is 7. The number of carbonyl (C=O) groups is 1. The molecule has 8 nitrogen and oxygen atoms in total. The van der Waals surface area contributed by atoms with E-state index in [-0.39, 0.29) is 10.2 Å². The highest BCUT2D eigenvalue weighted by atomic mass is 32.2. The van der Waals surface area contributed by atoms with Gasteiger partial charge in [0.1, 0.15) is 10.3 Å². The van der Waals surface area contributed by atoms with Crippen molar-refractivity contribution in [2.24, 2.45) is 0 Å². The summed E-state index contributed by atoms with van der Waals surface area (Å²) in [7, 11) is -3.73. The van der Waals surface area contributed by atoms with Crippen LogP contribution in [0.2, 0.25) is 0 Å². The van der Waals surface area contributed by atoms with Gasteiger partial charge in [-0.15, -0.1) is 16.4 Å². The number of benzene rings is 1. The van der Waals surface area contributed by atoms with Crippen LogP contribution >= 0.6 is 11.3 Å². The summed E-state index contributed by atoms with van der Waals surface area (Å²) in [5.74, 6) is -0.176. The smallest absolute Gasteiger partial charge is 0.322 e. The molecule has 1 fully saturated rings. The summed E-state index contributed by atoms with van der Waals surface area (Å²) in [5.41, 5.74) is 3.00. The minimum Gasteiger partial charge on any atom is -0.403 e. The first-order chi connectivity index (χ1) is 14.4. The molecular weight excluding hydrogens is 424 g/mol. The van der Waals surface area contributed by atoms with E-state index in [1.165, 1.54) is 4.31 Å². The van der Waals surface area contributed by atoms with E-state index in [0.29, 0.717) is 25.3 Å². The molecular formula is C20H22N4O4S2. The zero-order valence-electron chi connectivity index (χ0n) is 16.7. The molecule has 0 radical (unpaired) electrons. The summed E-state index contributed by atoms with van der Waals surface area (Å²) in [6.45, 7) is 4.30. The Bertz CT molecular complexity index is 1160. The van der Waals surface area contributed by atoms with Gasteiger partial charge in [-0.1, -0.05) is 23.7 Å². The first-order valence-corrected chi connectivity index (χ1v) is 12.0. The average molecular weight is 447 g/mol. The number of amides is 1. The lowest BCUT2D eigenvalue weighted by Gasteiger charge is -2.32. The number of nitrogens with one attached hydrogen (secondary N) is 1. The van der Waals surface area contributed by atoms with E-state index in [2.05, 4.69) is 15.5 Å². The van der Waals surface area contributed by atoms with E-state index in [4.69, 9.17) is 4.42 Å². The van der Waals surface area contributed by atoms with Crippen molar-refractivity contribution in [2.45, 2.75) is 43.4 Å². The number of piperidine rings is 1. The van der Waals surface area contributed by atoms with Crippen LogP contribution in [0.25, 0.3) is 11.5 Å². The van der Waals surface area contributed by atoms with E-state index in [0.717, 1.165) is 34.4 Å². The molecule has 0 spiro atoms. The number of rotatable bonds is 5. The lowest BCUT2D eigenvalue weighted by atomic mass is 10.0. The van der Waals surface area contributed by atoms with Gasteiger partial charge in [0.15, 0.2) is 0 Å². The number of anilines is 1. The third kappa shape index (κ3) is 4.03. The Morgan fingerprint density at radius 3 is 2.77 bits per heavy atom. The molecule has 2 aromatic heterocycles. The number of sulfonamides is 1. The van der Waals surface area contributed by atoms with E-state index in [1.54, 1.807) is 17.5 Å². The highest BCUT2D eigenvalue weighted by Crippen LogP contribution is 2.29. The van der Waals surface area contributed by atoms with Crippen LogP contribution in [0.15, 0.2) is 44.3 Å². The predicted octanol–water partition coefficient (Wildman–Crippen LogP) is 3.60. The summed E-state index contributed by atoms with van der Waals surface area (Å²) in [6, 6.07) is 8.14. The second-order valence-corrected chi connectivity index (χ2v) is 10.3. The molecule has 30 heavy (non-hydrogen) atoms. The van der Waals surface area contributed by atoms with Crippen LogP contribution < -0.4 is 5.32 Å². The van der Waals surface area contributed by atoms with Gasteiger partial charge in [-0.25, -0.2) is 8.42 Å². The van der Waals surface area contributed by atoms with Crippen molar-refractivity contribution in [1.29, 1.82) is 0 Å². The number of hydrogen-bond donors (Lipinski definition) is 1. The molecule has 0 aliphatic carbocycles. The number of aryl methyl sites for hydroxylation is 2. The quantitative estimate of drug-likeness (QED) is 0.642. The van der Waals surface area contributed by atoms with Crippen LogP contribution in [0.5, 0.6) is 0 Å². The minimum absolute atomic E-state index is 0.0488. The minimum atomic E-state index is -3.73. The van der Waals surface area contributed by atoms with Gasteiger partial charge >= 0.3 is 6.01 Å². The van der Waals surface area contributed by atoms with Crippen molar-refractivity contribution < 1.29 is 17.6 Å². The van der Waals surface area contributed by atoms with Gasteiger partial charge < -0.3 is 4.42 Å². The maximum absolute atomic E-state index is 13.0. The molecule has 4 rings (SSSR count). The highest BCUT2D eigenvalue weighted by Gasteiger charge is 2.38. The normalized spacial score (nSPS) is 17.7. The van der Waals surface area contributed by atoms with Crippen molar-refractivity contribution in [1.82, 2.24) is 14.5 Å². The van der Waals surface area contributed by atoms with Crippen molar-refractivity contribution >= 4 is 33.3 Å². The van der Waals surface area contributed by atoms with Crippen LogP contribution in [0, 0.1) is 13.8 Å². The molecule has 1 saturated heterocycles. The maximum Gasteiger partial charge on any atom is 0.322 e. The van der Waals surface area contributed by atoms with Gasteiger partial charge in [0.25, 0.3) is 10.0 Å². The third-order valence-corrected chi connectivity index (χ3v) is 8.50. The zero-order chi connectivity index (χ0) is 21.3.